The fraction of sp³-hybridized carbons (Fsp3) is 0.455. The molecular weight excluding hydrogens is 196 g/mol. The molecule has 13 heavy (non-hydrogen) atoms. The van der Waals surface area contributed by atoms with Crippen molar-refractivity contribution in [2.45, 2.75) is 32.6 Å². The van der Waals surface area contributed by atoms with Gasteiger partial charge >= 0.3 is 92.3 Å². The van der Waals surface area contributed by atoms with Crippen LogP contribution in [0.1, 0.15) is 31.7 Å². The van der Waals surface area contributed by atoms with Crippen LogP contribution in [0.15, 0.2) is 24.3 Å². The topological polar surface area (TPSA) is 9.23 Å². The predicted octanol–water partition coefficient (Wildman–Crippen LogP) is 3.26. The number of aryl methyl sites for hydroxylation is 1. The van der Waals surface area contributed by atoms with Crippen LogP contribution in [0.2, 0.25) is 0 Å². The fourth-order valence-corrected chi connectivity index (χ4v) is 1.52. The van der Waals surface area contributed by atoms with Crippen molar-refractivity contribution in [2.24, 2.45) is 0 Å². The first-order valence-corrected chi connectivity index (χ1v) is 5.43. The predicted molar refractivity (Wildman–Crippen MR) is 50.3 cm³/mol. The van der Waals surface area contributed by atoms with Crippen molar-refractivity contribution in [3.05, 3.63) is 29.8 Å². The summed E-state index contributed by atoms with van der Waals surface area (Å²) in [6.07, 6.45) is 5.10. The Morgan fingerprint density at radius 3 is 2.38 bits per heavy atom. The minimum absolute atomic E-state index is 0.944. The summed E-state index contributed by atoms with van der Waals surface area (Å²) in [4.78, 5) is 0. The Kier molecular flexibility index (Phi) is 5.18. The van der Waals surface area contributed by atoms with Gasteiger partial charge in [-0.1, -0.05) is 0 Å². The van der Waals surface area contributed by atoms with Gasteiger partial charge in [-0.05, 0) is 0 Å². The second-order valence-electron chi connectivity index (χ2n) is 3.20. The van der Waals surface area contributed by atoms with E-state index in [9.17, 15) is 0 Å². The maximum absolute atomic E-state index is 5.09. The third kappa shape index (κ3) is 3.97. The molecule has 0 aromatic heterocycles. The average Bonchev–Trinajstić information content (AvgIpc) is 2.19. The third-order valence-corrected chi connectivity index (χ3v) is 2.48. The number of rotatable bonds is 5. The first-order valence-electron chi connectivity index (χ1n) is 4.79. The summed E-state index contributed by atoms with van der Waals surface area (Å²) in [5, 5.41) is 0. The number of hydrogen-bond acceptors (Lipinski definition) is 1. The van der Waals surface area contributed by atoms with E-state index in [4.69, 9.17) is 3.32 Å². The normalized spacial score (nSPS) is 9.85. The van der Waals surface area contributed by atoms with E-state index in [0.717, 1.165) is 5.75 Å². The van der Waals surface area contributed by atoms with E-state index in [1.54, 1.807) is 20.8 Å². The first-order chi connectivity index (χ1) is 6.36. The van der Waals surface area contributed by atoms with Crippen LogP contribution in [0.3, 0.4) is 0 Å². The molecule has 0 aliphatic heterocycles. The van der Waals surface area contributed by atoms with Gasteiger partial charge in [-0.25, -0.2) is 0 Å². The van der Waals surface area contributed by atoms with Crippen LogP contribution in [-0.2, 0) is 27.2 Å². The molecule has 0 radical (unpaired) electrons. The molecule has 0 unspecified atom stereocenters. The molecule has 1 nitrogen and oxygen atoms in total. The molecule has 1 aromatic carbocycles. The molecule has 0 spiro atoms. The molecule has 0 atom stereocenters. The minimum atomic E-state index is 0.944. The zero-order valence-corrected chi connectivity index (χ0v) is 9.61. The molecule has 0 saturated carbocycles. The van der Waals surface area contributed by atoms with E-state index in [1.165, 1.54) is 31.2 Å². The zero-order chi connectivity index (χ0) is 9.52. The summed E-state index contributed by atoms with van der Waals surface area (Å²) in [5.41, 5.74) is 1.41. The van der Waals surface area contributed by atoms with Crippen LogP contribution >= 0.6 is 0 Å². The second-order valence-corrected chi connectivity index (χ2v) is 3.52. The number of benzene rings is 1. The van der Waals surface area contributed by atoms with Crippen molar-refractivity contribution in [1.29, 1.82) is 0 Å². The molecule has 1 aromatic rings. The van der Waals surface area contributed by atoms with Gasteiger partial charge in [0.1, 0.15) is 0 Å². The molecule has 2 heteroatoms. The van der Waals surface area contributed by atoms with Gasteiger partial charge < -0.3 is 0 Å². The van der Waals surface area contributed by atoms with Crippen LogP contribution in [0.25, 0.3) is 0 Å². The molecule has 0 aliphatic rings. The zero-order valence-electron chi connectivity index (χ0n) is 8.05. The third-order valence-electron chi connectivity index (χ3n) is 2.11. The van der Waals surface area contributed by atoms with Crippen LogP contribution < -0.4 is 3.32 Å². The molecule has 0 bridgehead atoms. The standard InChI is InChI=1S/C11H16O.Ti/c1-2-3-4-5-10-6-8-11(12)9-7-10;/h6-9,12H,2-5H2,1H3;/q;+1/p-1. The van der Waals surface area contributed by atoms with Crippen molar-refractivity contribution in [2.75, 3.05) is 0 Å². The molecule has 0 amide bonds. The van der Waals surface area contributed by atoms with E-state index in [1.807, 2.05) is 12.1 Å². The van der Waals surface area contributed by atoms with Gasteiger partial charge in [-0.2, -0.15) is 0 Å². The molecule has 0 fully saturated rings. The Labute approximate surface area is 92.4 Å². The van der Waals surface area contributed by atoms with Gasteiger partial charge in [0.15, 0.2) is 0 Å². The molecule has 0 saturated heterocycles. The van der Waals surface area contributed by atoms with E-state index < -0.39 is 0 Å². The van der Waals surface area contributed by atoms with Crippen molar-refractivity contribution < 1.29 is 24.1 Å². The van der Waals surface area contributed by atoms with Gasteiger partial charge in [0.2, 0.25) is 0 Å². The summed E-state index contributed by atoms with van der Waals surface area (Å²) in [5.74, 6) is 0.944. The monoisotopic (exact) mass is 211 g/mol. The molecule has 1 rings (SSSR count). The fourth-order valence-electron chi connectivity index (χ4n) is 1.30. The Morgan fingerprint density at radius 2 is 1.85 bits per heavy atom. The van der Waals surface area contributed by atoms with Crippen LogP contribution in [0.5, 0.6) is 5.75 Å². The molecule has 69 valence electrons. The van der Waals surface area contributed by atoms with Gasteiger partial charge in [0.25, 0.3) is 0 Å². The van der Waals surface area contributed by atoms with Crippen molar-refractivity contribution >= 4 is 0 Å². The Morgan fingerprint density at radius 1 is 1.15 bits per heavy atom. The average molecular weight is 211 g/mol. The molecule has 0 N–H and O–H groups in total. The SMILES string of the molecule is CCCCCc1ccc([O][Ti])cc1. The van der Waals surface area contributed by atoms with Crippen LogP contribution in [0, 0.1) is 0 Å². The second kappa shape index (κ2) is 6.23. The van der Waals surface area contributed by atoms with Gasteiger partial charge in [0, 0.05) is 0 Å². The first kappa shape index (κ1) is 10.8. The summed E-state index contributed by atoms with van der Waals surface area (Å²) < 4.78 is 5.09. The van der Waals surface area contributed by atoms with Crippen LogP contribution in [-0.4, -0.2) is 0 Å². The van der Waals surface area contributed by atoms with Crippen molar-refractivity contribution in [3.63, 3.8) is 0 Å². The number of hydrogen-bond donors (Lipinski definition) is 0. The maximum atomic E-state index is 5.09. The van der Waals surface area contributed by atoms with E-state index in [2.05, 4.69) is 19.1 Å². The molecular formula is C11H15OTi. The van der Waals surface area contributed by atoms with Gasteiger partial charge in [-0.3, -0.25) is 0 Å². The van der Waals surface area contributed by atoms with Crippen LogP contribution in [0.4, 0.5) is 0 Å². The number of unbranched alkanes of at least 4 members (excludes halogenated alkanes) is 2. The molecule has 0 aliphatic carbocycles. The summed E-state index contributed by atoms with van der Waals surface area (Å²) in [6.45, 7) is 2.23. The van der Waals surface area contributed by atoms with Crippen molar-refractivity contribution in [3.8, 4) is 5.75 Å². The van der Waals surface area contributed by atoms with E-state index in [-0.39, 0.29) is 0 Å². The summed E-state index contributed by atoms with van der Waals surface area (Å²) in [6, 6.07) is 8.35. The summed E-state index contributed by atoms with van der Waals surface area (Å²) in [7, 11) is 0. The van der Waals surface area contributed by atoms with E-state index >= 15 is 0 Å². The van der Waals surface area contributed by atoms with Gasteiger partial charge in [-0.15, -0.1) is 0 Å². The molecule has 0 heterocycles. The Bertz CT molecular complexity index is 230. The Balaban J connectivity index is 2.40. The summed E-state index contributed by atoms with van der Waals surface area (Å²) >= 11 is 1.70. The Hall–Kier alpha value is -0.266. The van der Waals surface area contributed by atoms with Crippen molar-refractivity contribution in [1.82, 2.24) is 0 Å². The quantitative estimate of drug-likeness (QED) is 0.536. The van der Waals surface area contributed by atoms with E-state index in [0.29, 0.717) is 0 Å². The van der Waals surface area contributed by atoms with Gasteiger partial charge in [0.05, 0.1) is 0 Å².